The van der Waals surface area contributed by atoms with Gasteiger partial charge in [0.1, 0.15) is 11.5 Å². The third-order valence-electron chi connectivity index (χ3n) is 3.65. The van der Waals surface area contributed by atoms with Crippen LogP contribution in [-0.4, -0.2) is 13.1 Å². The Morgan fingerprint density at radius 1 is 1.29 bits per heavy atom. The minimum Gasteiger partial charge on any atom is -0.464 e. The molecule has 1 heterocycles. The first-order valence-corrected chi connectivity index (χ1v) is 7.68. The molecule has 1 unspecified atom stereocenters. The number of rotatable bonds is 6. The summed E-state index contributed by atoms with van der Waals surface area (Å²) in [6, 6.07) is 10.1. The highest BCUT2D eigenvalue weighted by molar-refractivity contribution is 6.33. The van der Waals surface area contributed by atoms with Gasteiger partial charge in [0.05, 0.1) is 17.3 Å². The highest BCUT2D eigenvalue weighted by Gasteiger charge is 2.15. The van der Waals surface area contributed by atoms with Crippen molar-refractivity contribution >= 4 is 17.3 Å². The summed E-state index contributed by atoms with van der Waals surface area (Å²) in [5.41, 5.74) is 8.32. The molecule has 0 saturated heterocycles. The summed E-state index contributed by atoms with van der Waals surface area (Å²) in [6.45, 7) is 4.74. The lowest BCUT2D eigenvalue weighted by molar-refractivity contribution is 0.481. The van der Waals surface area contributed by atoms with Crippen LogP contribution in [0, 0.1) is 6.92 Å². The van der Waals surface area contributed by atoms with Crippen molar-refractivity contribution < 1.29 is 4.42 Å². The Morgan fingerprint density at radius 3 is 2.67 bits per heavy atom. The second-order valence-electron chi connectivity index (χ2n) is 5.49. The van der Waals surface area contributed by atoms with Crippen molar-refractivity contribution in [2.45, 2.75) is 39.3 Å². The summed E-state index contributed by atoms with van der Waals surface area (Å²) in [5.74, 6) is 1.85. The van der Waals surface area contributed by atoms with E-state index in [1.807, 2.05) is 38.2 Å². The summed E-state index contributed by atoms with van der Waals surface area (Å²) in [7, 11) is 2.03. The monoisotopic (exact) mass is 306 g/mol. The lowest BCUT2D eigenvalue weighted by atomic mass is 10.0. The molecule has 0 fully saturated rings. The van der Waals surface area contributed by atoms with E-state index in [0.29, 0.717) is 6.54 Å². The van der Waals surface area contributed by atoms with Crippen LogP contribution in [0.2, 0.25) is 5.02 Å². The number of aryl methyl sites for hydroxylation is 1. The number of hydrogen-bond donors (Lipinski definition) is 1. The molecule has 1 atom stereocenters. The van der Waals surface area contributed by atoms with Crippen molar-refractivity contribution in [1.82, 2.24) is 0 Å². The fraction of sp³-hybridized carbons (Fsp3) is 0.412. The number of benzene rings is 1. The number of nitrogens with zero attached hydrogens (tertiary/aromatic N) is 1. The van der Waals surface area contributed by atoms with Crippen molar-refractivity contribution in [3.63, 3.8) is 0 Å². The fourth-order valence-electron chi connectivity index (χ4n) is 2.46. The van der Waals surface area contributed by atoms with Crippen LogP contribution in [0.5, 0.6) is 0 Å². The van der Waals surface area contributed by atoms with Crippen LogP contribution in [0.1, 0.15) is 30.4 Å². The standard InChI is InChI=1S/C17H23ClN2O/c1-4-14(19)10-13-6-5-7-16(18)17(13)20(3)11-15-9-8-12(2)21-15/h5-9,14H,4,10-11,19H2,1-3H3. The normalized spacial score (nSPS) is 12.4. The zero-order chi connectivity index (χ0) is 15.4. The van der Waals surface area contributed by atoms with Crippen molar-refractivity contribution in [3.8, 4) is 0 Å². The number of anilines is 1. The molecule has 0 radical (unpaired) electrons. The van der Waals surface area contributed by atoms with Crippen LogP contribution in [0.15, 0.2) is 34.7 Å². The topological polar surface area (TPSA) is 42.4 Å². The number of nitrogens with two attached hydrogens (primary N) is 1. The first-order chi connectivity index (χ1) is 10.0. The molecular weight excluding hydrogens is 284 g/mol. The van der Waals surface area contributed by atoms with Gasteiger partial charge in [-0.3, -0.25) is 0 Å². The summed E-state index contributed by atoms with van der Waals surface area (Å²) in [4.78, 5) is 2.12. The van der Waals surface area contributed by atoms with Crippen LogP contribution in [0.25, 0.3) is 0 Å². The highest BCUT2D eigenvalue weighted by Crippen LogP contribution is 2.31. The van der Waals surface area contributed by atoms with Crippen molar-refractivity contribution in [2.75, 3.05) is 11.9 Å². The van der Waals surface area contributed by atoms with Crippen LogP contribution >= 0.6 is 11.6 Å². The van der Waals surface area contributed by atoms with E-state index < -0.39 is 0 Å². The Hall–Kier alpha value is -1.45. The van der Waals surface area contributed by atoms with Crippen molar-refractivity contribution in [2.24, 2.45) is 5.73 Å². The number of hydrogen-bond acceptors (Lipinski definition) is 3. The quantitative estimate of drug-likeness (QED) is 0.871. The number of para-hydroxylation sites is 1. The van der Waals surface area contributed by atoms with E-state index in [-0.39, 0.29) is 6.04 Å². The molecule has 114 valence electrons. The zero-order valence-corrected chi connectivity index (χ0v) is 13.7. The molecule has 1 aromatic carbocycles. The Kier molecular flexibility index (Phi) is 5.32. The molecule has 0 saturated carbocycles. The molecule has 4 heteroatoms. The van der Waals surface area contributed by atoms with E-state index in [1.54, 1.807) is 0 Å². The summed E-state index contributed by atoms with van der Waals surface area (Å²) in [6.07, 6.45) is 1.78. The molecule has 21 heavy (non-hydrogen) atoms. The molecule has 2 aromatic rings. The fourth-order valence-corrected chi connectivity index (χ4v) is 2.80. The second-order valence-corrected chi connectivity index (χ2v) is 5.90. The molecule has 0 aliphatic rings. The molecule has 2 N–H and O–H groups in total. The maximum absolute atomic E-state index is 6.41. The van der Waals surface area contributed by atoms with Gasteiger partial charge in [-0.1, -0.05) is 30.7 Å². The Morgan fingerprint density at radius 2 is 2.05 bits per heavy atom. The average molecular weight is 307 g/mol. The summed E-state index contributed by atoms with van der Waals surface area (Å²) >= 11 is 6.41. The molecule has 0 spiro atoms. The molecule has 0 bridgehead atoms. The average Bonchev–Trinajstić information content (AvgIpc) is 2.83. The zero-order valence-electron chi connectivity index (χ0n) is 12.9. The van der Waals surface area contributed by atoms with E-state index in [2.05, 4.69) is 17.9 Å². The van der Waals surface area contributed by atoms with Gasteiger partial charge >= 0.3 is 0 Å². The van der Waals surface area contributed by atoms with Gasteiger partial charge < -0.3 is 15.1 Å². The lowest BCUT2D eigenvalue weighted by Gasteiger charge is -2.24. The van der Waals surface area contributed by atoms with Crippen LogP contribution in [0.4, 0.5) is 5.69 Å². The first-order valence-electron chi connectivity index (χ1n) is 7.30. The van der Waals surface area contributed by atoms with E-state index >= 15 is 0 Å². The van der Waals surface area contributed by atoms with E-state index in [9.17, 15) is 0 Å². The predicted octanol–water partition coefficient (Wildman–Crippen LogP) is 4.16. The highest BCUT2D eigenvalue weighted by atomic mass is 35.5. The Bertz CT molecular complexity index is 594. The number of furan rings is 1. The van der Waals surface area contributed by atoms with E-state index in [4.69, 9.17) is 21.8 Å². The summed E-state index contributed by atoms with van der Waals surface area (Å²) in [5, 5.41) is 0.751. The number of halogens is 1. The first kappa shape index (κ1) is 15.9. The molecule has 0 aliphatic carbocycles. The largest absolute Gasteiger partial charge is 0.464 e. The molecular formula is C17H23ClN2O. The third kappa shape index (κ3) is 4.02. The lowest BCUT2D eigenvalue weighted by Crippen LogP contribution is -2.24. The van der Waals surface area contributed by atoms with E-state index in [0.717, 1.165) is 35.1 Å². The van der Waals surface area contributed by atoms with Gasteiger partial charge in [0, 0.05) is 13.1 Å². The predicted molar refractivity (Wildman–Crippen MR) is 89.0 cm³/mol. The minimum atomic E-state index is 0.154. The van der Waals surface area contributed by atoms with Gasteiger partial charge in [-0.15, -0.1) is 0 Å². The van der Waals surface area contributed by atoms with Crippen LogP contribution in [-0.2, 0) is 13.0 Å². The molecule has 3 nitrogen and oxygen atoms in total. The van der Waals surface area contributed by atoms with Crippen LogP contribution < -0.4 is 10.6 Å². The smallest absolute Gasteiger partial charge is 0.123 e. The second kappa shape index (κ2) is 7.01. The maximum Gasteiger partial charge on any atom is 0.123 e. The van der Waals surface area contributed by atoms with Gasteiger partial charge in [-0.2, -0.15) is 0 Å². The Labute approximate surface area is 131 Å². The van der Waals surface area contributed by atoms with Gasteiger partial charge in [0.2, 0.25) is 0 Å². The third-order valence-corrected chi connectivity index (χ3v) is 3.95. The minimum absolute atomic E-state index is 0.154. The summed E-state index contributed by atoms with van der Waals surface area (Å²) < 4.78 is 5.65. The van der Waals surface area contributed by atoms with Crippen molar-refractivity contribution in [1.29, 1.82) is 0 Å². The van der Waals surface area contributed by atoms with Crippen LogP contribution in [0.3, 0.4) is 0 Å². The van der Waals surface area contributed by atoms with Gasteiger partial charge in [0.15, 0.2) is 0 Å². The molecule has 2 rings (SSSR count). The SMILES string of the molecule is CCC(N)Cc1cccc(Cl)c1N(C)Cc1ccc(C)o1. The molecule has 0 amide bonds. The van der Waals surface area contributed by atoms with Gasteiger partial charge in [-0.25, -0.2) is 0 Å². The maximum atomic E-state index is 6.41. The van der Waals surface area contributed by atoms with Gasteiger partial charge in [-0.05, 0) is 43.5 Å². The van der Waals surface area contributed by atoms with E-state index in [1.165, 1.54) is 5.56 Å². The Balaban J connectivity index is 2.24. The molecule has 1 aromatic heterocycles. The molecule has 0 aliphatic heterocycles. The van der Waals surface area contributed by atoms with Crippen molar-refractivity contribution in [3.05, 3.63) is 52.4 Å². The van der Waals surface area contributed by atoms with Gasteiger partial charge in [0.25, 0.3) is 0 Å².